The molecule has 0 unspecified atom stereocenters. The number of rotatable bonds is 22. The van der Waals surface area contributed by atoms with Crippen molar-refractivity contribution in [3.63, 3.8) is 0 Å². The van der Waals surface area contributed by atoms with Gasteiger partial charge in [0.15, 0.2) is 0 Å². The zero-order valence-corrected chi connectivity index (χ0v) is 20.0. The molecule has 0 aromatic carbocycles. The van der Waals surface area contributed by atoms with E-state index in [1.807, 2.05) is 0 Å². The van der Waals surface area contributed by atoms with Gasteiger partial charge in [-0.15, -0.1) is 0 Å². The Morgan fingerprint density at radius 3 is 1.83 bits per heavy atom. The number of carbonyl (C=O) groups is 1. The molecule has 1 amide bonds. The second-order valence-electron chi connectivity index (χ2n) is 8.75. The molecule has 0 heterocycles. The van der Waals surface area contributed by atoms with Crippen LogP contribution in [0.15, 0.2) is 12.2 Å². The topological polar surface area (TPSA) is 69.6 Å². The molecule has 178 valence electrons. The Morgan fingerprint density at radius 1 is 0.767 bits per heavy atom. The van der Waals surface area contributed by atoms with Gasteiger partial charge in [0.25, 0.3) is 0 Å². The van der Waals surface area contributed by atoms with Crippen molar-refractivity contribution in [2.24, 2.45) is 0 Å². The van der Waals surface area contributed by atoms with Crippen LogP contribution >= 0.6 is 0 Å². The first-order valence-corrected chi connectivity index (χ1v) is 12.9. The molecule has 0 aliphatic heterocycles. The Bertz CT molecular complexity index is 398. The Morgan fingerprint density at radius 2 is 1.27 bits per heavy atom. The second kappa shape index (κ2) is 22.8. The number of allylic oxidation sites excluding steroid dienone is 2. The molecule has 4 nitrogen and oxygen atoms in total. The smallest absolute Gasteiger partial charge is 0.220 e. The summed E-state index contributed by atoms with van der Waals surface area (Å²) in [5, 5.41) is 22.6. The van der Waals surface area contributed by atoms with E-state index in [4.69, 9.17) is 0 Å². The summed E-state index contributed by atoms with van der Waals surface area (Å²) in [5.74, 6) is -0.0523. The summed E-state index contributed by atoms with van der Waals surface area (Å²) in [5.41, 5.74) is 0. The summed E-state index contributed by atoms with van der Waals surface area (Å²) in [4.78, 5) is 12.1. The van der Waals surface area contributed by atoms with E-state index in [0.29, 0.717) is 12.8 Å². The van der Waals surface area contributed by atoms with Crippen LogP contribution in [0, 0.1) is 0 Å². The standard InChI is InChI=1S/C26H51NO3/c1-3-5-7-9-11-12-13-14-16-17-19-21-25(29)24(23-28)27-26(30)22-20-18-15-10-8-6-4-2/h13-14,24-25,28-29H,3-12,15-23H2,1-2H3,(H,27,30)/b14-13+/t24-,25+/m0/s1. The van der Waals surface area contributed by atoms with Crippen molar-refractivity contribution < 1.29 is 15.0 Å². The molecule has 0 fully saturated rings. The monoisotopic (exact) mass is 425 g/mol. The predicted molar refractivity (Wildman–Crippen MR) is 129 cm³/mol. The van der Waals surface area contributed by atoms with Crippen LogP contribution in [-0.2, 0) is 4.79 Å². The van der Waals surface area contributed by atoms with Gasteiger partial charge in [-0.1, -0.05) is 96.6 Å². The highest BCUT2D eigenvalue weighted by Crippen LogP contribution is 2.11. The van der Waals surface area contributed by atoms with Crippen LogP contribution in [0.4, 0.5) is 0 Å². The third-order valence-corrected chi connectivity index (χ3v) is 5.78. The van der Waals surface area contributed by atoms with Gasteiger partial charge < -0.3 is 15.5 Å². The largest absolute Gasteiger partial charge is 0.394 e. The van der Waals surface area contributed by atoms with Gasteiger partial charge in [0.1, 0.15) is 0 Å². The van der Waals surface area contributed by atoms with E-state index in [0.717, 1.165) is 32.1 Å². The zero-order valence-electron chi connectivity index (χ0n) is 20.0. The zero-order chi connectivity index (χ0) is 22.3. The number of unbranched alkanes of at least 4 members (excludes halogenated alkanes) is 13. The summed E-state index contributed by atoms with van der Waals surface area (Å²) in [6.07, 6.45) is 24.0. The van der Waals surface area contributed by atoms with Gasteiger partial charge in [-0.25, -0.2) is 0 Å². The van der Waals surface area contributed by atoms with Gasteiger partial charge in [0.2, 0.25) is 5.91 Å². The number of hydrogen-bond donors (Lipinski definition) is 3. The summed E-state index contributed by atoms with van der Waals surface area (Å²) in [6, 6.07) is -0.541. The molecule has 30 heavy (non-hydrogen) atoms. The molecule has 3 N–H and O–H groups in total. The molecular formula is C26H51NO3. The number of amides is 1. The van der Waals surface area contributed by atoms with Crippen LogP contribution < -0.4 is 5.32 Å². The third-order valence-electron chi connectivity index (χ3n) is 5.78. The highest BCUT2D eigenvalue weighted by atomic mass is 16.3. The molecule has 2 atom stereocenters. The van der Waals surface area contributed by atoms with Gasteiger partial charge in [-0.3, -0.25) is 4.79 Å². The van der Waals surface area contributed by atoms with Gasteiger partial charge in [-0.2, -0.15) is 0 Å². The Labute approximate surface area is 186 Å². The first-order valence-electron chi connectivity index (χ1n) is 12.9. The molecular weight excluding hydrogens is 374 g/mol. The summed E-state index contributed by atoms with van der Waals surface area (Å²) < 4.78 is 0. The Kier molecular flexibility index (Phi) is 22.1. The lowest BCUT2D eigenvalue weighted by molar-refractivity contribution is -0.123. The van der Waals surface area contributed by atoms with E-state index in [-0.39, 0.29) is 12.5 Å². The molecule has 0 bridgehead atoms. The van der Waals surface area contributed by atoms with Gasteiger partial charge in [-0.05, 0) is 38.5 Å². The van der Waals surface area contributed by atoms with Crippen molar-refractivity contribution in [3.8, 4) is 0 Å². The molecule has 0 radical (unpaired) electrons. The fraction of sp³-hybridized carbons (Fsp3) is 0.885. The summed E-state index contributed by atoms with van der Waals surface area (Å²) >= 11 is 0. The molecule has 0 aliphatic rings. The van der Waals surface area contributed by atoms with Gasteiger partial charge >= 0.3 is 0 Å². The fourth-order valence-electron chi connectivity index (χ4n) is 3.70. The molecule has 4 heteroatoms. The summed E-state index contributed by atoms with van der Waals surface area (Å²) in [6.45, 7) is 4.25. The quantitative estimate of drug-likeness (QED) is 0.138. The van der Waals surface area contributed by atoms with Crippen molar-refractivity contribution in [3.05, 3.63) is 12.2 Å². The van der Waals surface area contributed by atoms with Gasteiger partial charge in [0.05, 0.1) is 18.8 Å². The van der Waals surface area contributed by atoms with Crippen molar-refractivity contribution in [2.45, 2.75) is 142 Å². The van der Waals surface area contributed by atoms with E-state index >= 15 is 0 Å². The number of nitrogens with one attached hydrogen (secondary N) is 1. The van der Waals surface area contributed by atoms with E-state index < -0.39 is 12.1 Å². The molecule has 0 spiro atoms. The third kappa shape index (κ3) is 19.1. The van der Waals surface area contributed by atoms with E-state index in [1.165, 1.54) is 70.6 Å². The molecule has 0 aromatic heterocycles. The minimum atomic E-state index is -0.671. The highest BCUT2D eigenvalue weighted by molar-refractivity contribution is 5.76. The van der Waals surface area contributed by atoms with E-state index in [2.05, 4.69) is 31.3 Å². The highest BCUT2D eigenvalue weighted by Gasteiger charge is 2.19. The first kappa shape index (κ1) is 29.1. The average molecular weight is 426 g/mol. The van der Waals surface area contributed by atoms with E-state index in [9.17, 15) is 15.0 Å². The summed E-state index contributed by atoms with van der Waals surface area (Å²) in [7, 11) is 0. The Balaban J connectivity index is 3.72. The maximum Gasteiger partial charge on any atom is 0.220 e. The van der Waals surface area contributed by atoms with Crippen LogP contribution in [-0.4, -0.2) is 34.9 Å². The minimum absolute atomic E-state index is 0.0523. The average Bonchev–Trinajstić information content (AvgIpc) is 2.75. The molecule has 0 aromatic rings. The van der Waals surface area contributed by atoms with E-state index in [1.54, 1.807) is 0 Å². The van der Waals surface area contributed by atoms with Crippen LogP contribution in [0.3, 0.4) is 0 Å². The minimum Gasteiger partial charge on any atom is -0.394 e. The van der Waals surface area contributed by atoms with Crippen molar-refractivity contribution in [2.75, 3.05) is 6.61 Å². The van der Waals surface area contributed by atoms with Crippen LogP contribution in [0.2, 0.25) is 0 Å². The molecule has 0 saturated carbocycles. The number of hydrogen-bond acceptors (Lipinski definition) is 3. The molecule has 0 rings (SSSR count). The Hall–Kier alpha value is -0.870. The normalized spacial score (nSPS) is 13.6. The SMILES string of the molecule is CCCCCCC/C=C/CCCC[C@@H](O)[C@H](CO)NC(=O)CCCCCCCCC. The molecule has 0 aliphatic carbocycles. The van der Waals surface area contributed by atoms with Crippen molar-refractivity contribution in [1.82, 2.24) is 5.32 Å². The predicted octanol–water partition coefficient (Wildman–Crippen LogP) is 6.44. The van der Waals surface area contributed by atoms with Crippen LogP contribution in [0.5, 0.6) is 0 Å². The lowest BCUT2D eigenvalue weighted by Crippen LogP contribution is -2.45. The maximum atomic E-state index is 12.1. The second-order valence-corrected chi connectivity index (χ2v) is 8.75. The first-order chi connectivity index (χ1) is 14.7. The maximum absolute atomic E-state index is 12.1. The van der Waals surface area contributed by atoms with Crippen LogP contribution in [0.25, 0.3) is 0 Å². The number of aliphatic hydroxyl groups is 2. The lowest BCUT2D eigenvalue weighted by atomic mass is 10.0. The van der Waals surface area contributed by atoms with Crippen LogP contribution in [0.1, 0.15) is 129 Å². The number of carbonyl (C=O) groups excluding carboxylic acids is 1. The van der Waals surface area contributed by atoms with Crippen molar-refractivity contribution in [1.29, 1.82) is 0 Å². The number of aliphatic hydroxyl groups excluding tert-OH is 2. The van der Waals surface area contributed by atoms with Crippen molar-refractivity contribution >= 4 is 5.91 Å². The van der Waals surface area contributed by atoms with Gasteiger partial charge in [0, 0.05) is 6.42 Å². The lowest BCUT2D eigenvalue weighted by Gasteiger charge is -2.22. The molecule has 0 saturated heterocycles. The fourth-order valence-corrected chi connectivity index (χ4v) is 3.70.